The molecule has 35 heavy (non-hydrogen) atoms. The molecular formula is C29H30N2O4. The van der Waals surface area contributed by atoms with E-state index < -0.39 is 0 Å². The van der Waals surface area contributed by atoms with Crippen LogP contribution in [0.1, 0.15) is 11.1 Å². The summed E-state index contributed by atoms with van der Waals surface area (Å²) in [6.45, 7) is 0. The lowest BCUT2D eigenvalue weighted by Gasteiger charge is -2.25. The van der Waals surface area contributed by atoms with E-state index in [1.165, 1.54) is 0 Å². The van der Waals surface area contributed by atoms with Gasteiger partial charge in [0.2, 0.25) is 0 Å². The Balaban J connectivity index is 1.65. The first-order chi connectivity index (χ1) is 17.2. The van der Waals surface area contributed by atoms with Crippen LogP contribution < -0.4 is 29.4 Å². The highest BCUT2D eigenvalue weighted by atomic mass is 16.5. The number of para-hydroxylation sites is 3. The topological polar surface area (TPSA) is 52.2 Å². The Labute approximate surface area is 206 Å². The molecule has 0 saturated carbocycles. The second-order valence-corrected chi connectivity index (χ2v) is 7.79. The number of hydrazine groups is 1. The smallest absolute Gasteiger partial charge is 0.167 e. The van der Waals surface area contributed by atoms with E-state index in [1.807, 2.05) is 66.7 Å². The summed E-state index contributed by atoms with van der Waals surface area (Å²) in [5.41, 5.74) is 7.40. The molecule has 6 heteroatoms. The SMILES string of the molecule is COc1cccc(C=CC2=CC(C=Cc3cccc(OC)c3OC)N(c3ccccc3)N2)c1OC. The molecule has 180 valence electrons. The largest absolute Gasteiger partial charge is 0.493 e. The van der Waals surface area contributed by atoms with Gasteiger partial charge in [-0.1, -0.05) is 54.6 Å². The maximum absolute atomic E-state index is 5.59. The van der Waals surface area contributed by atoms with Gasteiger partial charge in [-0.2, -0.15) is 0 Å². The van der Waals surface area contributed by atoms with Crippen LogP contribution in [0.2, 0.25) is 0 Å². The van der Waals surface area contributed by atoms with Gasteiger partial charge >= 0.3 is 0 Å². The van der Waals surface area contributed by atoms with Gasteiger partial charge in [-0.25, -0.2) is 0 Å². The van der Waals surface area contributed by atoms with Gasteiger partial charge in [-0.3, -0.25) is 10.4 Å². The maximum Gasteiger partial charge on any atom is 0.167 e. The molecule has 0 aliphatic carbocycles. The maximum atomic E-state index is 5.59. The van der Waals surface area contributed by atoms with Gasteiger partial charge in [0.25, 0.3) is 0 Å². The van der Waals surface area contributed by atoms with Crippen molar-refractivity contribution in [1.29, 1.82) is 0 Å². The first-order valence-corrected chi connectivity index (χ1v) is 11.3. The van der Waals surface area contributed by atoms with Crippen LogP contribution in [0.4, 0.5) is 5.69 Å². The van der Waals surface area contributed by atoms with Crippen LogP contribution in [0, 0.1) is 0 Å². The molecule has 1 N–H and O–H groups in total. The lowest BCUT2D eigenvalue weighted by atomic mass is 10.1. The lowest BCUT2D eigenvalue weighted by molar-refractivity contribution is 0.354. The summed E-state index contributed by atoms with van der Waals surface area (Å²) < 4.78 is 22.0. The standard InChI is InChI=1S/C29H30N2O4/c1-32-26-14-8-10-21(28(26)34-3)16-18-23-20-25(31(30-23)24-12-6-5-7-13-24)19-17-22-11-9-15-27(33-2)29(22)35-4/h5-20,25,30H,1-4H3. The Hall–Kier alpha value is -4.32. The highest BCUT2D eigenvalue weighted by molar-refractivity contribution is 5.67. The number of anilines is 1. The zero-order chi connectivity index (χ0) is 24.6. The minimum atomic E-state index is -0.0276. The van der Waals surface area contributed by atoms with Crippen molar-refractivity contribution in [2.24, 2.45) is 0 Å². The zero-order valence-corrected chi connectivity index (χ0v) is 20.4. The third-order valence-electron chi connectivity index (χ3n) is 5.71. The molecule has 0 fully saturated rings. The normalized spacial score (nSPS) is 15.3. The Morgan fingerprint density at radius 1 is 0.657 bits per heavy atom. The Morgan fingerprint density at radius 3 is 1.83 bits per heavy atom. The van der Waals surface area contributed by atoms with Crippen LogP contribution in [0.15, 0.2) is 90.7 Å². The highest BCUT2D eigenvalue weighted by Gasteiger charge is 2.22. The second-order valence-electron chi connectivity index (χ2n) is 7.79. The molecular weight excluding hydrogens is 440 g/mol. The van der Waals surface area contributed by atoms with E-state index in [0.717, 1.165) is 22.5 Å². The number of allylic oxidation sites excluding steroid dienone is 1. The van der Waals surface area contributed by atoms with Gasteiger partial charge in [0.05, 0.1) is 45.9 Å². The number of ether oxygens (including phenoxy) is 4. The van der Waals surface area contributed by atoms with Crippen molar-refractivity contribution < 1.29 is 18.9 Å². The fraction of sp³-hybridized carbons (Fsp3) is 0.172. The van der Waals surface area contributed by atoms with E-state index in [-0.39, 0.29) is 6.04 Å². The lowest BCUT2D eigenvalue weighted by Crippen LogP contribution is -2.37. The van der Waals surface area contributed by atoms with E-state index in [0.29, 0.717) is 23.0 Å². The summed E-state index contributed by atoms with van der Waals surface area (Å²) in [7, 11) is 6.58. The molecule has 0 amide bonds. The minimum absolute atomic E-state index is 0.0276. The molecule has 1 heterocycles. The number of nitrogens with one attached hydrogen (secondary N) is 1. The molecule has 0 radical (unpaired) electrons. The Morgan fingerprint density at radius 2 is 1.26 bits per heavy atom. The number of benzene rings is 3. The average Bonchev–Trinajstić information content (AvgIpc) is 3.33. The number of hydrogen-bond acceptors (Lipinski definition) is 6. The monoisotopic (exact) mass is 470 g/mol. The first-order valence-electron chi connectivity index (χ1n) is 11.3. The van der Waals surface area contributed by atoms with Crippen LogP contribution in [0.25, 0.3) is 12.2 Å². The predicted octanol–water partition coefficient (Wildman–Crippen LogP) is 5.72. The molecule has 4 rings (SSSR count). The van der Waals surface area contributed by atoms with E-state index in [1.54, 1.807) is 28.4 Å². The summed E-state index contributed by atoms with van der Waals surface area (Å²) in [6.07, 6.45) is 10.4. The Kier molecular flexibility index (Phi) is 7.63. The fourth-order valence-corrected chi connectivity index (χ4v) is 4.04. The molecule has 0 spiro atoms. The van der Waals surface area contributed by atoms with Crippen molar-refractivity contribution >= 4 is 17.8 Å². The number of hydrogen-bond donors (Lipinski definition) is 1. The molecule has 1 aliphatic heterocycles. The molecule has 0 saturated heterocycles. The zero-order valence-electron chi connectivity index (χ0n) is 20.4. The summed E-state index contributed by atoms with van der Waals surface area (Å²) >= 11 is 0. The summed E-state index contributed by atoms with van der Waals surface area (Å²) in [6, 6.07) is 21.9. The van der Waals surface area contributed by atoms with Crippen LogP contribution in [0.5, 0.6) is 23.0 Å². The van der Waals surface area contributed by atoms with Crippen molar-refractivity contribution in [1.82, 2.24) is 5.43 Å². The average molecular weight is 471 g/mol. The molecule has 3 aromatic rings. The number of nitrogens with zero attached hydrogens (tertiary/aromatic N) is 1. The number of rotatable bonds is 9. The van der Waals surface area contributed by atoms with Crippen molar-refractivity contribution in [3.05, 3.63) is 102 Å². The Bertz CT molecular complexity index is 1230. The van der Waals surface area contributed by atoms with Gasteiger partial charge < -0.3 is 18.9 Å². The molecule has 1 unspecified atom stereocenters. The molecule has 1 aliphatic rings. The summed E-state index contributed by atoms with van der Waals surface area (Å²) in [4.78, 5) is 0. The molecule has 6 nitrogen and oxygen atoms in total. The van der Waals surface area contributed by atoms with Crippen LogP contribution >= 0.6 is 0 Å². The van der Waals surface area contributed by atoms with E-state index >= 15 is 0 Å². The molecule has 0 aromatic heterocycles. The third kappa shape index (κ3) is 5.27. The van der Waals surface area contributed by atoms with E-state index in [2.05, 4.69) is 40.8 Å². The van der Waals surface area contributed by atoms with Crippen LogP contribution in [-0.4, -0.2) is 34.5 Å². The minimum Gasteiger partial charge on any atom is -0.493 e. The van der Waals surface area contributed by atoms with Gasteiger partial charge in [-0.05, 0) is 42.5 Å². The van der Waals surface area contributed by atoms with Crippen molar-refractivity contribution in [2.75, 3.05) is 33.4 Å². The summed E-state index contributed by atoms with van der Waals surface area (Å²) in [5, 5.41) is 2.12. The van der Waals surface area contributed by atoms with E-state index in [9.17, 15) is 0 Å². The molecule has 3 aromatic carbocycles. The van der Waals surface area contributed by atoms with Crippen molar-refractivity contribution in [3.63, 3.8) is 0 Å². The van der Waals surface area contributed by atoms with Crippen LogP contribution in [-0.2, 0) is 0 Å². The first kappa shape index (κ1) is 23.8. The number of methoxy groups -OCH3 is 4. The van der Waals surface area contributed by atoms with Gasteiger partial charge in [-0.15, -0.1) is 0 Å². The fourth-order valence-electron chi connectivity index (χ4n) is 4.04. The summed E-state index contributed by atoms with van der Waals surface area (Å²) in [5.74, 6) is 2.80. The molecule has 1 atom stereocenters. The van der Waals surface area contributed by atoms with Crippen molar-refractivity contribution in [3.8, 4) is 23.0 Å². The van der Waals surface area contributed by atoms with Gasteiger partial charge in [0, 0.05) is 11.1 Å². The second kappa shape index (κ2) is 11.2. The highest BCUT2D eigenvalue weighted by Crippen LogP contribution is 2.33. The third-order valence-corrected chi connectivity index (χ3v) is 5.71. The van der Waals surface area contributed by atoms with Gasteiger partial charge in [0.1, 0.15) is 0 Å². The van der Waals surface area contributed by atoms with Gasteiger partial charge in [0.15, 0.2) is 23.0 Å². The van der Waals surface area contributed by atoms with E-state index in [4.69, 9.17) is 18.9 Å². The van der Waals surface area contributed by atoms with Crippen LogP contribution in [0.3, 0.4) is 0 Å². The predicted molar refractivity (Wildman–Crippen MR) is 141 cm³/mol. The quantitative estimate of drug-likeness (QED) is 0.431. The molecule has 0 bridgehead atoms. The van der Waals surface area contributed by atoms with Crippen molar-refractivity contribution in [2.45, 2.75) is 6.04 Å².